The summed E-state index contributed by atoms with van der Waals surface area (Å²) < 4.78 is 36.4. The van der Waals surface area contributed by atoms with E-state index < -0.39 is 12.1 Å². The Balaban J connectivity index is 0.000000762. The molecule has 0 fully saturated rings. The number of hydrogen-bond donors (Lipinski definition) is 4. The number of carbonyl (C=O) groups is 3. The van der Waals surface area contributed by atoms with Gasteiger partial charge in [-0.3, -0.25) is 15.0 Å². The van der Waals surface area contributed by atoms with E-state index in [2.05, 4.69) is 10.5 Å². The van der Waals surface area contributed by atoms with Crippen molar-refractivity contribution in [3.63, 3.8) is 0 Å². The molecule has 2 unspecified atom stereocenters. The van der Waals surface area contributed by atoms with Gasteiger partial charge >= 0.3 is 18.1 Å². The van der Waals surface area contributed by atoms with Crippen LogP contribution >= 0.6 is 0 Å². The van der Waals surface area contributed by atoms with Gasteiger partial charge in [0, 0.05) is 18.5 Å². The minimum atomic E-state index is -5.08. The Kier molecular flexibility index (Phi) is 11.1. The van der Waals surface area contributed by atoms with Crippen LogP contribution in [0.25, 0.3) is 0 Å². The van der Waals surface area contributed by atoms with Crippen LogP contribution in [0.2, 0.25) is 0 Å². The van der Waals surface area contributed by atoms with Gasteiger partial charge in [-0.05, 0) is 19.7 Å². The first-order valence-electron chi connectivity index (χ1n) is 10.2. The summed E-state index contributed by atoms with van der Waals surface area (Å²) in [5, 5.41) is 21.5. The van der Waals surface area contributed by atoms with E-state index in [1.165, 1.54) is 7.11 Å². The number of hydrogen-bond acceptors (Lipinski definition) is 8. The Bertz CT molecular complexity index is 934. The molecule has 0 spiro atoms. The largest absolute Gasteiger partial charge is 0.490 e. The molecule has 0 saturated carbocycles. The van der Waals surface area contributed by atoms with E-state index in [1.54, 1.807) is 12.1 Å². The van der Waals surface area contributed by atoms with Gasteiger partial charge in [-0.1, -0.05) is 29.4 Å². The van der Waals surface area contributed by atoms with Gasteiger partial charge < -0.3 is 30.6 Å². The molecule has 0 radical (unpaired) electrons. The number of likely N-dealkylation sites (N-methyl/N-ethyl adjacent to an activating group) is 1. The molecule has 14 heteroatoms. The maximum absolute atomic E-state index is 12.4. The van der Waals surface area contributed by atoms with E-state index in [4.69, 9.17) is 30.6 Å². The van der Waals surface area contributed by atoms with Crippen molar-refractivity contribution < 1.29 is 42.2 Å². The molecule has 0 aliphatic carbocycles. The molecule has 1 aliphatic heterocycles. The molecule has 1 amide bonds. The number of alkyl halides is 3. The highest BCUT2D eigenvalue weighted by Gasteiger charge is 2.38. The third-order valence-corrected chi connectivity index (χ3v) is 4.51. The number of carbonyl (C=O) groups excluding carboxylic acids is 2. The molecule has 35 heavy (non-hydrogen) atoms. The fourth-order valence-corrected chi connectivity index (χ4v) is 2.93. The number of nitrogens with one attached hydrogen (secondary N) is 2. The van der Waals surface area contributed by atoms with Crippen LogP contribution in [-0.2, 0) is 24.0 Å². The van der Waals surface area contributed by atoms with Crippen LogP contribution in [-0.4, -0.2) is 85.5 Å². The van der Waals surface area contributed by atoms with Crippen molar-refractivity contribution in [1.29, 1.82) is 5.41 Å². The lowest BCUT2D eigenvalue weighted by atomic mass is 10.0. The second kappa shape index (κ2) is 13.3. The number of benzene rings is 1. The summed E-state index contributed by atoms with van der Waals surface area (Å²) in [6.07, 6.45) is -4.69. The number of amides is 1. The first-order valence-corrected chi connectivity index (χ1v) is 10.2. The van der Waals surface area contributed by atoms with Gasteiger partial charge in [-0.2, -0.15) is 13.2 Å². The minimum absolute atomic E-state index is 0.00458. The van der Waals surface area contributed by atoms with Crippen molar-refractivity contribution in [3.05, 3.63) is 35.4 Å². The number of amidine groups is 1. The maximum Gasteiger partial charge on any atom is 0.490 e. The second-order valence-corrected chi connectivity index (χ2v) is 7.77. The molecule has 1 aromatic rings. The Hall–Kier alpha value is -3.68. The zero-order valence-electron chi connectivity index (χ0n) is 19.4. The van der Waals surface area contributed by atoms with E-state index in [0.717, 1.165) is 11.3 Å². The molecule has 1 heterocycles. The zero-order chi connectivity index (χ0) is 26.8. The number of aliphatic carboxylic acids is 1. The maximum atomic E-state index is 12.4. The third-order valence-electron chi connectivity index (χ3n) is 4.51. The number of rotatable bonds is 9. The fourth-order valence-electron chi connectivity index (χ4n) is 2.93. The van der Waals surface area contributed by atoms with Gasteiger partial charge in [0.2, 0.25) is 5.91 Å². The van der Waals surface area contributed by atoms with E-state index in [0.29, 0.717) is 18.5 Å². The fraction of sp³-hybridized carbons (Fsp3) is 0.476. The standard InChI is InChI=1S/C19H27N5O4.C2HF3O2/c1-24(2)11-14(8-18(26)27-3)22-17(25)10-15-9-16(23-28-15)12-4-6-13(7-5-12)19(20)21;3-2(4,5)1(6)7/h4-7,14-15H,8-11H2,1-3H3,(H3,20,21)(H,22,25);(H,6,7). The average molecular weight is 503 g/mol. The molecular weight excluding hydrogens is 475 g/mol. The molecule has 0 bridgehead atoms. The van der Waals surface area contributed by atoms with Crippen LogP contribution in [0.1, 0.15) is 30.4 Å². The summed E-state index contributed by atoms with van der Waals surface area (Å²) in [6.45, 7) is 0.524. The summed E-state index contributed by atoms with van der Waals surface area (Å²) in [5.74, 6) is -3.33. The number of nitrogens with two attached hydrogens (primary N) is 1. The average Bonchev–Trinajstić information content (AvgIpc) is 3.21. The highest BCUT2D eigenvalue weighted by molar-refractivity contribution is 6.02. The number of carboxylic acids is 1. The van der Waals surface area contributed by atoms with Gasteiger partial charge in [0.25, 0.3) is 0 Å². The van der Waals surface area contributed by atoms with Crippen LogP contribution in [0.15, 0.2) is 29.4 Å². The van der Waals surface area contributed by atoms with Crippen LogP contribution in [0, 0.1) is 5.41 Å². The van der Waals surface area contributed by atoms with Crippen LogP contribution in [0.4, 0.5) is 13.2 Å². The zero-order valence-corrected chi connectivity index (χ0v) is 19.4. The van der Waals surface area contributed by atoms with Crippen LogP contribution in [0.5, 0.6) is 0 Å². The molecule has 0 aromatic heterocycles. The molecule has 0 saturated heterocycles. The summed E-state index contributed by atoms with van der Waals surface area (Å²) in [7, 11) is 5.06. The van der Waals surface area contributed by atoms with E-state index >= 15 is 0 Å². The summed E-state index contributed by atoms with van der Waals surface area (Å²) >= 11 is 0. The summed E-state index contributed by atoms with van der Waals surface area (Å²) in [5.41, 5.74) is 7.70. The van der Waals surface area contributed by atoms with Crippen molar-refractivity contribution in [2.24, 2.45) is 10.9 Å². The Morgan fingerprint density at radius 3 is 2.34 bits per heavy atom. The van der Waals surface area contributed by atoms with Gasteiger partial charge in [-0.25, -0.2) is 4.79 Å². The molecule has 194 valence electrons. The molecule has 1 aliphatic rings. The Morgan fingerprint density at radius 2 is 1.89 bits per heavy atom. The van der Waals surface area contributed by atoms with Crippen LogP contribution < -0.4 is 11.1 Å². The topological polar surface area (TPSA) is 167 Å². The van der Waals surface area contributed by atoms with Crippen molar-refractivity contribution in [1.82, 2.24) is 10.2 Å². The number of methoxy groups -OCH3 is 1. The Labute approximate surface area is 199 Å². The quantitative estimate of drug-likeness (QED) is 0.221. The number of nitrogen functional groups attached to an aromatic ring is 1. The molecular formula is C21H28F3N5O6. The normalized spacial score (nSPS) is 15.7. The molecule has 2 rings (SSSR count). The Morgan fingerprint density at radius 1 is 1.31 bits per heavy atom. The first-order chi connectivity index (χ1) is 16.2. The third kappa shape index (κ3) is 10.9. The van der Waals surface area contributed by atoms with Gasteiger partial charge in [-0.15, -0.1) is 0 Å². The molecule has 5 N–H and O–H groups in total. The predicted molar refractivity (Wildman–Crippen MR) is 119 cm³/mol. The number of nitrogens with zero attached hydrogens (tertiary/aromatic N) is 2. The summed E-state index contributed by atoms with van der Waals surface area (Å²) in [6, 6.07) is 6.81. The predicted octanol–water partition coefficient (Wildman–Crippen LogP) is 1.10. The van der Waals surface area contributed by atoms with Gasteiger partial charge in [0.15, 0.2) is 0 Å². The highest BCUT2D eigenvalue weighted by atomic mass is 19.4. The number of esters is 1. The van der Waals surface area contributed by atoms with E-state index in [1.807, 2.05) is 31.1 Å². The monoisotopic (exact) mass is 503 g/mol. The minimum Gasteiger partial charge on any atom is -0.475 e. The summed E-state index contributed by atoms with van der Waals surface area (Å²) in [4.78, 5) is 40.1. The number of oxime groups is 1. The highest BCUT2D eigenvalue weighted by Crippen LogP contribution is 2.19. The van der Waals surface area contributed by atoms with Crippen LogP contribution in [0.3, 0.4) is 0 Å². The van der Waals surface area contributed by atoms with Crippen molar-refractivity contribution in [3.8, 4) is 0 Å². The second-order valence-electron chi connectivity index (χ2n) is 7.77. The first kappa shape index (κ1) is 29.4. The van der Waals surface area contributed by atoms with Crippen molar-refractivity contribution in [2.45, 2.75) is 37.6 Å². The lowest BCUT2D eigenvalue weighted by Crippen LogP contribution is -2.44. The SMILES string of the molecule is COC(=O)CC(CN(C)C)NC(=O)CC1CC(c2ccc(C(=N)N)cc2)=NO1.O=C(O)C(F)(F)F. The molecule has 1 aromatic carbocycles. The van der Waals surface area contributed by atoms with Crippen molar-refractivity contribution >= 4 is 29.4 Å². The lowest BCUT2D eigenvalue weighted by Gasteiger charge is -2.22. The van der Waals surface area contributed by atoms with E-state index in [9.17, 15) is 22.8 Å². The van der Waals surface area contributed by atoms with Gasteiger partial charge in [0.1, 0.15) is 11.9 Å². The van der Waals surface area contributed by atoms with Gasteiger partial charge in [0.05, 0.1) is 31.7 Å². The smallest absolute Gasteiger partial charge is 0.475 e. The number of halogens is 3. The molecule has 11 nitrogen and oxygen atoms in total. The lowest BCUT2D eigenvalue weighted by molar-refractivity contribution is -0.192. The van der Waals surface area contributed by atoms with E-state index in [-0.39, 0.29) is 42.7 Å². The van der Waals surface area contributed by atoms with Crippen molar-refractivity contribution in [2.75, 3.05) is 27.7 Å². The molecule has 2 atom stereocenters. The number of carboxylic acid groups (broad SMARTS) is 1. The number of ether oxygens (including phenoxy) is 1.